The van der Waals surface area contributed by atoms with Gasteiger partial charge >= 0.3 is 0 Å². The Hall–Kier alpha value is -1.14. The minimum absolute atomic E-state index is 0.0933. The first-order valence-electron chi connectivity index (χ1n) is 5.61. The van der Waals surface area contributed by atoms with Crippen molar-refractivity contribution in [3.63, 3.8) is 0 Å². The molecule has 0 bridgehead atoms. The van der Waals surface area contributed by atoms with Gasteiger partial charge < -0.3 is 9.88 Å². The van der Waals surface area contributed by atoms with Gasteiger partial charge in [0.1, 0.15) is 5.82 Å². The zero-order chi connectivity index (χ0) is 13.8. The summed E-state index contributed by atoms with van der Waals surface area (Å²) in [4.78, 5) is 11.8. The fourth-order valence-electron chi connectivity index (χ4n) is 1.65. The van der Waals surface area contributed by atoms with E-state index in [4.69, 9.17) is 0 Å². The predicted molar refractivity (Wildman–Crippen MR) is 81.0 cm³/mol. The maximum Gasteiger partial charge on any atom is 0.264 e. The van der Waals surface area contributed by atoms with Gasteiger partial charge in [0.05, 0.1) is 4.47 Å². The molecular formula is C13H11Br2FN2O. The summed E-state index contributed by atoms with van der Waals surface area (Å²) in [5, 5.41) is 3.07. The number of hydrogen-bond donors (Lipinski definition) is 1. The van der Waals surface area contributed by atoms with Crippen LogP contribution in [-0.4, -0.2) is 11.1 Å². The Balaban J connectivity index is 2.02. The number of benzene rings is 1. The Morgan fingerprint density at radius 3 is 2.79 bits per heavy atom. The second-order valence-electron chi connectivity index (χ2n) is 3.94. The Morgan fingerprint density at radius 2 is 2.05 bits per heavy atom. The first-order chi connectivity index (χ1) is 9.06. The van der Waals surface area contributed by atoms with Crippen molar-refractivity contribution < 1.29 is 4.39 Å². The number of hydrogen-bond acceptors (Lipinski definition) is 2. The Bertz CT molecular complexity index is 643. The van der Waals surface area contributed by atoms with Crippen molar-refractivity contribution >= 4 is 37.5 Å². The lowest BCUT2D eigenvalue weighted by molar-refractivity contribution is 0.627. The number of halogens is 3. The van der Waals surface area contributed by atoms with Crippen molar-refractivity contribution in [2.75, 3.05) is 11.9 Å². The first kappa shape index (κ1) is 14.3. The Labute approximate surface area is 126 Å². The minimum atomic E-state index is -0.285. The van der Waals surface area contributed by atoms with Crippen LogP contribution in [0.1, 0.15) is 0 Å². The molecule has 6 heteroatoms. The predicted octanol–water partition coefficient (Wildman–Crippen LogP) is 3.62. The number of pyridine rings is 1. The molecule has 2 aromatic rings. The van der Waals surface area contributed by atoms with Gasteiger partial charge in [0.15, 0.2) is 0 Å². The summed E-state index contributed by atoms with van der Waals surface area (Å²) in [6.45, 7) is 1.03. The first-order valence-corrected chi connectivity index (χ1v) is 7.20. The van der Waals surface area contributed by atoms with Crippen LogP contribution in [0.15, 0.2) is 50.3 Å². The van der Waals surface area contributed by atoms with Crippen LogP contribution >= 0.6 is 31.9 Å². The van der Waals surface area contributed by atoms with E-state index in [2.05, 4.69) is 37.2 Å². The number of aromatic nitrogens is 1. The van der Waals surface area contributed by atoms with E-state index >= 15 is 0 Å². The zero-order valence-electron chi connectivity index (χ0n) is 9.87. The minimum Gasteiger partial charge on any atom is -0.383 e. The molecule has 3 nitrogen and oxygen atoms in total. The van der Waals surface area contributed by atoms with Gasteiger partial charge in [0.25, 0.3) is 5.56 Å². The highest BCUT2D eigenvalue weighted by Gasteiger charge is 2.03. The van der Waals surface area contributed by atoms with E-state index in [1.54, 1.807) is 29.0 Å². The molecule has 0 fully saturated rings. The van der Waals surface area contributed by atoms with Crippen LogP contribution in [0.2, 0.25) is 0 Å². The molecule has 0 saturated heterocycles. The molecule has 1 aromatic heterocycles. The summed E-state index contributed by atoms with van der Waals surface area (Å²) < 4.78 is 15.9. The fraction of sp³-hybridized carbons (Fsp3) is 0.154. The third-order valence-electron chi connectivity index (χ3n) is 2.52. The topological polar surface area (TPSA) is 34.0 Å². The lowest BCUT2D eigenvalue weighted by Gasteiger charge is -2.09. The van der Waals surface area contributed by atoms with Crippen molar-refractivity contribution in [2.45, 2.75) is 6.54 Å². The Kier molecular flexibility index (Phi) is 4.76. The van der Waals surface area contributed by atoms with E-state index < -0.39 is 0 Å². The highest BCUT2D eigenvalue weighted by molar-refractivity contribution is 9.11. The molecule has 19 heavy (non-hydrogen) atoms. The molecule has 0 aliphatic heterocycles. The third-order valence-corrected chi connectivity index (χ3v) is 3.52. The summed E-state index contributed by atoms with van der Waals surface area (Å²) in [6, 6.07) is 7.93. The molecule has 1 heterocycles. The molecule has 100 valence electrons. The molecule has 0 amide bonds. The molecule has 0 saturated carbocycles. The van der Waals surface area contributed by atoms with Crippen molar-refractivity contribution in [1.82, 2.24) is 4.57 Å². The van der Waals surface area contributed by atoms with E-state index in [9.17, 15) is 9.18 Å². The summed E-state index contributed by atoms with van der Waals surface area (Å²) in [5.74, 6) is -0.285. The number of rotatable bonds is 4. The van der Waals surface area contributed by atoms with Crippen LogP contribution in [0.4, 0.5) is 10.1 Å². The van der Waals surface area contributed by atoms with Gasteiger partial charge in [0, 0.05) is 29.4 Å². The standard InChI is InChI=1S/C13H11Br2FN2O/c14-9-6-12(15)13(19)18(8-9)5-4-17-11-3-1-2-10(16)7-11/h1-3,6-8,17H,4-5H2. The van der Waals surface area contributed by atoms with Crippen molar-refractivity contribution in [3.8, 4) is 0 Å². The van der Waals surface area contributed by atoms with Crippen molar-refractivity contribution in [3.05, 3.63) is 61.6 Å². The summed E-state index contributed by atoms with van der Waals surface area (Å²) in [5.41, 5.74) is 0.603. The smallest absolute Gasteiger partial charge is 0.264 e. The van der Waals surface area contributed by atoms with E-state index in [-0.39, 0.29) is 11.4 Å². The summed E-state index contributed by atoms with van der Waals surface area (Å²) >= 11 is 6.54. The number of anilines is 1. The third kappa shape index (κ3) is 3.91. The molecular weight excluding hydrogens is 379 g/mol. The van der Waals surface area contributed by atoms with Crippen LogP contribution in [0.5, 0.6) is 0 Å². The van der Waals surface area contributed by atoms with Gasteiger partial charge in [-0.3, -0.25) is 4.79 Å². The van der Waals surface area contributed by atoms with Gasteiger partial charge in [-0.25, -0.2) is 4.39 Å². The molecule has 1 aromatic carbocycles. The van der Waals surface area contributed by atoms with Gasteiger partial charge in [-0.05, 0) is 56.1 Å². The number of nitrogens with one attached hydrogen (secondary N) is 1. The maximum absolute atomic E-state index is 13.0. The SMILES string of the molecule is O=c1c(Br)cc(Br)cn1CCNc1cccc(F)c1. The zero-order valence-corrected chi connectivity index (χ0v) is 13.0. The van der Waals surface area contributed by atoms with Crippen molar-refractivity contribution in [1.29, 1.82) is 0 Å². The number of nitrogens with zero attached hydrogens (tertiary/aromatic N) is 1. The van der Waals surface area contributed by atoms with E-state index in [1.165, 1.54) is 12.1 Å². The molecule has 0 atom stereocenters. The molecule has 2 rings (SSSR count). The lowest BCUT2D eigenvalue weighted by atomic mass is 10.3. The second kappa shape index (κ2) is 6.34. The quantitative estimate of drug-likeness (QED) is 0.866. The molecule has 1 N–H and O–H groups in total. The molecule has 0 aliphatic rings. The lowest BCUT2D eigenvalue weighted by Crippen LogP contribution is -2.23. The van der Waals surface area contributed by atoms with Crippen LogP contribution in [0.3, 0.4) is 0 Å². The van der Waals surface area contributed by atoms with Crippen LogP contribution in [0.25, 0.3) is 0 Å². The normalized spacial score (nSPS) is 10.5. The molecule has 0 radical (unpaired) electrons. The van der Waals surface area contributed by atoms with Crippen LogP contribution in [-0.2, 0) is 6.54 Å². The van der Waals surface area contributed by atoms with Gasteiger partial charge in [-0.1, -0.05) is 6.07 Å². The summed E-state index contributed by atoms with van der Waals surface area (Å²) in [7, 11) is 0. The fourth-order valence-corrected chi connectivity index (χ4v) is 2.91. The van der Waals surface area contributed by atoms with E-state index in [1.807, 2.05) is 0 Å². The van der Waals surface area contributed by atoms with Crippen LogP contribution in [0, 0.1) is 5.82 Å². The van der Waals surface area contributed by atoms with E-state index in [0.717, 1.165) is 4.47 Å². The van der Waals surface area contributed by atoms with E-state index in [0.29, 0.717) is 23.2 Å². The molecule has 0 spiro atoms. The highest BCUT2D eigenvalue weighted by atomic mass is 79.9. The average molecular weight is 390 g/mol. The van der Waals surface area contributed by atoms with Crippen molar-refractivity contribution in [2.24, 2.45) is 0 Å². The maximum atomic E-state index is 13.0. The highest BCUT2D eigenvalue weighted by Crippen LogP contribution is 2.13. The monoisotopic (exact) mass is 388 g/mol. The van der Waals surface area contributed by atoms with Gasteiger partial charge in [-0.15, -0.1) is 0 Å². The molecule has 0 unspecified atom stereocenters. The molecule has 0 aliphatic carbocycles. The Morgan fingerprint density at radius 1 is 1.26 bits per heavy atom. The van der Waals surface area contributed by atoms with Crippen LogP contribution < -0.4 is 10.9 Å². The second-order valence-corrected chi connectivity index (χ2v) is 5.71. The largest absolute Gasteiger partial charge is 0.383 e. The van der Waals surface area contributed by atoms with Gasteiger partial charge in [-0.2, -0.15) is 0 Å². The summed E-state index contributed by atoms with van der Waals surface area (Å²) in [6.07, 6.45) is 1.72. The average Bonchev–Trinajstić information content (AvgIpc) is 2.35. The van der Waals surface area contributed by atoms with Gasteiger partial charge in [0.2, 0.25) is 0 Å².